The van der Waals surface area contributed by atoms with Gasteiger partial charge in [0, 0.05) is 28.7 Å². The van der Waals surface area contributed by atoms with Crippen LogP contribution in [0.2, 0.25) is 0 Å². The van der Waals surface area contributed by atoms with E-state index in [1.54, 1.807) is 5.56 Å². The minimum atomic E-state index is 0.470. The van der Waals surface area contributed by atoms with Crippen molar-refractivity contribution in [3.05, 3.63) is 35.5 Å². The molecule has 76 valence electrons. The van der Waals surface area contributed by atoms with Gasteiger partial charge in [-0.05, 0) is 30.9 Å². The summed E-state index contributed by atoms with van der Waals surface area (Å²) in [5, 5.41) is 5.09. The molecule has 2 aliphatic rings. The molecule has 0 radical (unpaired) electrons. The number of rotatable bonds is 0. The molecule has 1 aliphatic heterocycles. The highest BCUT2D eigenvalue weighted by Gasteiger charge is 2.45. The van der Waals surface area contributed by atoms with Gasteiger partial charge in [0.2, 0.25) is 0 Å². The predicted molar refractivity (Wildman–Crippen MR) is 60.8 cm³/mol. The molecule has 2 nitrogen and oxygen atoms in total. The fourth-order valence-corrected chi connectivity index (χ4v) is 2.79. The Morgan fingerprint density at radius 2 is 2.00 bits per heavy atom. The lowest BCUT2D eigenvalue weighted by atomic mass is 9.97. The molecular formula is C13H14N2. The van der Waals surface area contributed by atoms with Gasteiger partial charge in [0.05, 0.1) is 0 Å². The van der Waals surface area contributed by atoms with Crippen LogP contribution < -0.4 is 5.32 Å². The molecule has 0 atom stereocenters. The lowest BCUT2D eigenvalue weighted by Crippen LogP contribution is -2.37. The van der Waals surface area contributed by atoms with E-state index in [-0.39, 0.29) is 0 Å². The first kappa shape index (κ1) is 7.94. The lowest BCUT2D eigenvalue weighted by molar-refractivity contribution is 0.462. The maximum absolute atomic E-state index is 3.66. The van der Waals surface area contributed by atoms with Crippen LogP contribution in [0.15, 0.2) is 24.3 Å². The maximum atomic E-state index is 3.66. The van der Waals surface area contributed by atoms with Crippen molar-refractivity contribution in [1.29, 1.82) is 0 Å². The van der Waals surface area contributed by atoms with Gasteiger partial charge < -0.3 is 10.3 Å². The van der Waals surface area contributed by atoms with E-state index in [2.05, 4.69) is 34.6 Å². The summed E-state index contributed by atoms with van der Waals surface area (Å²) < 4.78 is 0. The lowest BCUT2D eigenvalue weighted by Gasteiger charge is -2.23. The third-order valence-corrected chi connectivity index (χ3v) is 3.91. The van der Waals surface area contributed by atoms with E-state index in [0.29, 0.717) is 5.54 Å². The normalized spacial score (nSPS) is 21.9. The van der Waals surface area contributed by atoms with Gasteiger partial charge in [0.1, 0.15) is 0 Å². The highest BCUT2D eigenvalue weighted by Crippen LogP contribution is 2.43. The third kappa shape index (κ3) is 1.03. The first-order chi connectivity index (χ1) is 7.36. The second-order valence-electron chi connectivity index (χ2n) is 4.94. The number of nitrogens with one attached hydrogen (secondary N) is 2. The van der Waals surface area contributed by atoms with Gasteiger partial charge in [-0.25, -0.2) is 0 Å². The summed E-state index contributed by atoms with van der Waals surface area (Å²) in [4.78, 5) is 3.52. The molecule has 0 unspecified atom stereocenters. The van der Waals surface area contributed by atoms with Crippen LogP contribution >= 0.6 is 0 Å². The SMILES string of the molecule is c1ccc2c3c([nH]c2c1)CNC1(CC1)C3. The van der Waals surface area contributed by atoms with Crippen molar-refractivity contribution in [3.8, 4) is 0 Å². The van der Waals surface area contributed by atoms with Crippen LogP contribution in [0.25, 0.3) is 10.9 Å². The highest BCUT2D eigenvalue weighted by atomic mass is 15.0. The van der Waals surface area contributed by atoms with E-state index in [1.165, 1.54) is 35.9 Å². The molecule has 1 fully saturated rings. The van der Waals surface area contributed by atoms with Gasteiger partial charge in [-0.1, -0.05) is 18.2 Å². The van der Waals surface area contributed by atoms with Crippen LogP contribution in [0.1, 0.15) is 24.1 Å². The summed E-state index contributed by atoms with van der Waals surface area (Å²) in [6.45, 7) is 1.02. The van der Waals surface area contributed by atoms with Gasteiger partial charge in [0.15, 0.2) is 0 Å². The largest absolute Gasteiger partial charge is 0.357 e. The molecule has 1 aromatic carbocycles. The van der Waals surface area contributed by atoms with Crippen molar-refractivity contribution in [1.82, 2.24) is 10.3 Å². The number of aromatic amines is 1. The van der Waals surface area contributed by atoms with E-state index >= 15 is 0 Å². The minimum absolute atomic E-state index is 0.470. The Kier molecular flexibility index (Phi) is 1.30. The number of benzene rings is 1. The van der Waals surface area contributed by atoms with E-state index in [9.17, 15) is 0 Å². The molecule has 1 saturated carbocycles. The Bertz CT molecular complexity index is 534. The zero-order chi connectivity index (χ0) is 9.88. The van der Waals surface area contributed by atoms with Crippen LogP contribution in [0.4, 0.5) is 0 Å². The smallest absolute Gasteiger partial charge is 0.0459 e. The molecule has 0 bridgehead atoms. The molecule has 1 spiro atoms. The summed E-state index contributed by atoms with van der Waals surface area (Å²) in [6.07, 6.45) is 3.92. The number of hydrogen-bond donors (Lipinski definition) is 2. The second-order valence-corrected chi connectivity index (χ2v) is 4.94. The monoisotopic (exact) mass is 198 g/mol. The Hall–Kier alpha value is -1.28. The van der Waals surface area contributed by atoms with E-state index in [0.717, 1.165) is 6.54 Å². The molecule has 2 heteroatoms. The van der Waals surface area contributed by atoms with E-state index < -0.39 is 0 Å². The summed E-state index contributed by atoms with van der Waals surface area (Å²) in [5.41, 5.74) is 4.72. The summed E-state index contributed by atoms with van der Waals surface area (Å²) in [5.74, 6) is 0. The number of hydrogen-bond acceptors (Lipinski definition) is 1. The topological polar surface area (TPSA) is 27.8 Å². The molecule has 0 amide bonds. The molecule has 1 aromatic heterocycles. The molecule has 2 N–H and O–H groups in total. The Balaban J connectivity index is 1.96. The molecule has 15 heavy (non-hydrogen) atoms. The number of aromatic nitrogens is 1. The number of fused-ring (bicyclic) bond motifs is 3. The predicted octanol–water partition coefficient (Wildman–Crippen LogP) is 2.35. The van der Waals surface area contributed by atoms with Crippen molar-refractivity contribution in [3.63, 3.8) is 0 Å². The molecule has 2 heterocycles. The van der Waals surface area contributed by atoms with Gasteiger partial charge in [-0.15, -0.1) is 0 Å². The first-order valence-electron chi connectivity index (χ1n) is 5.70. The Morgan fingerprint density at radius 1 is 1.13 bits per heavy atom. The van der Waals surface area contributed by atoms with Crippen LogP contribution in [-0.4, -0.2) is 10.5 Å². The van der Waals surface area contributed by atoms with Crippen LogP contribution in [0.3, 0.4) is 0 Å². The second kappa shape index (κ2) is 2.45. The summed E-state index contributed by atoms with van der Waals surface area (Å²) in [6, 6.07) is 8.65. The zero-order valence-corrected chi connectivity index (χ0v) is 8.64. The summed E-state index contributed by atoms with van der Waals surface area (Å²) in [7, 11) is 0. The highest BCUT2D eigenvalue weighted by molar-refractivity contribution is 5.85. The van der Waals surface area contributed by atoms with Crippen molar-refractivity contribution < 1.29 is 0 Å². The van der Waals surface area contributed by atoms with Gasteiger partial charge >= 0.3 is 0 Å². The van der Waals surface area contributed by atoms with Crippen molar-refractivity contribution in [2.45, 2.75) is 31.3 Å². The quantitative estimate of drug-likeness (QED) is 0.668. The average Bonchev–Trinajstić information content (AvgIpc) is 2.91. The molecular weight excluding hydrogens is 184 g/mol. The average molecular weight is 198 g/mol. The maximum Gasteiger partial charge on any atom is 0.0459 e. The molecule has 0 saturated heterocycles. The van der Waals surface area contributed by atoms with Gasteiger partial charge in [0.25, 0.3) is 0 Å². The number of para-hydroxylation sites is 1. The van der Waals surface area contributed by atoms with E-state index in [1.807, 2.05) is 0 Å². The molecule has 4 rings (SSSR count). The standard InChI is InChI=1S/C13H14N2/c1-2-4-11-9(3-1)10-7-13(5-6-13)14-8-12(10)15-11/h1-4,14-15H,5-8H2. The van der Waals surface area contributed by atoms with Crippen LogP contribution in [0, 0.1) is 0 Å². The number of H-pyrrole nitrogens is 1. The fourth-order valence-electron chi connectivity index (χ4n) is 2.79. The van der Waals surface area contributed by atoms with Crippen molar-refractivity contribution >= 4 is 10.9 Å². The van der Waals surface area contributed by atoms with Gasteiger partial charge in [-0.3, -0.25) is 0 Å². The first-order valence-corrected chi connectivity index (χ1v) is 5.70. The van der Waals surface area contributed by atoms with Crippen LogP contribution in [0.5, 0.6) is 0 Å². The van der Waals surface area contributed by atoms with Crippen LogP contribution in [-0.2, 0) is 13.0 Å². The molecule has 2 aromatic rings. The minimum Gasteiger partial charge on any atom is -0.357 e. The fraction of sp³-hybridized carbons (Fsp3) is 0.385. The Labute approximate surface area is 88.7 Å². The molecule has 1 aliphatic carbocycles. The van der Waals surface area contributed by atoms with Gasteiger partial charge in [-0.2, -0.15) is 0 Å². The zero-order valence-electron chi connectivity index (χ0n) is 8.64. The van der Waals surface area contributed by atoms with Crippen molar-refractivity contribution in [2.24, 2.45) is 0 Å². The Morgan fingerprint density at radius 3 is 2.87 bits per heavy atom. The van der Waals surface area contributed by atoms with E-state index in [4.69, 9.17) is 0 Å². The summed E-state index contributed by atoms with van der Waals surface area (Å²) >= 11 is 0. The van der Waals surface area contributed by atoms with Crippen molar-refractivity contribution in [2.75, 3.05) is 0 Å². The third-order valence-electron chi connectivity index (χ3n) is 3.91.